The fraction of sp³-hybridized carbons (Fsp3) is 0.0192. The Labute approximate surface area is 326 Å². The summed E-state index contributed by atoms with van der Waals surface area (Å²) in [5.41, 5.74) is 15.5. The Bertz CT molecular complexity index is 3370. The molecule has 0 saturated carbocycles. The fourth-order valence-electron chi connectivity index (χ4n) is 9.79. The Balaban J connectivity index is 1.09. The summed E-state index contributed by atoms with van der Waals surface area (Å²) in [5.74, 6) is 1.84. The predicted octanol–water partition coefficient (Wildman–Crippen LogP) is 13.0. The maximum Gasteiger partial charge on any atom is 0.164 e. The average Bonchev–Trinajstić information content (AvgIpc) is 4.00. The molecule has 0 aliphatic heterocycles. The van der Waals surface area contributed by atoms with E-state index >= 15 is 0 Å². The molecule has 8 aromatic carbocycles. The second-order valence-electron chi connectivity index (χ2n) is 15.0. The summed E-state index contributed by atoms with van der Waals surface area (Å²) in [6, 6.07) is 61.8. The first-order valence-electron chi connectivity index (χ1n) is 19.3. The molecule has 0 fully saturated rings. The molecule has 264 valence electrons. The molecule has 5 nitrogen and oxygen atoms in total. The first-order chi connectivity index (χ1) is 28.2. The van der Waals surface area contributed by atoms with Crippen molar-refractivity contribution < 1.29 is 8.83 Å². The number of hydrogen-bond donors (Lipinski definition) is 0. The molecular formula is C52H29N3O2. The van der Waals surface area contributed by atoms with Crippen molar-refractivity contribution in [1.82, 2.24) is 15.0 Å². The van der Waals surface area contributed by atoms with Crippen LogP contribution in [0, 0.1) is 0 Å². The summed E-state index contributed by atoms with van der Waals surface area (Å²) in [5, 5.41) is 4.41. The van der Waals surface area contributed by atoms with Gasteiger partial charge in [0, 0.05) is 38.2 Å². The van der Waals surface area contributed by atoms with Crippen LogP contribution in [0.2, 0.25) is 0 Å². The van der Waals surface area contributed by atoms with Crippen LogP contribution in [0.25, 0.3) is 100 Å². The zero-order chi connectivity index (χ0) is 37.2. The van der Waals surface area contributed by atoms with Crippen LogP contribution >= 0.6 is 0 Å². The van der Waals surface area contributed by atoms with Gasteiger partial charge in [0.05, 0.1) is 5.41 Å². The first-order valence-corrected chi connectivity index (χ1v) is 19.3. The van der Waals surface area contributed by atoms with Gasteiger partial charge in [0.25, 0.3) is 0 Å². The Kier molecular flexibility index (Phi) is 6.04. The van der Waals surface area contributed by atoms with Crippen molar-refractivity contribution >= 4 is 43.9 Å². The quantitative estimate of drug-likeness (QED) is 0.181. The number of benzene rings is 8. The van der Waals surface area contributed by atoms with E-state index in [-0.39, 0.29) is 0 Å². The third-order valence-corrected chi connectivity index (χ3v) is 12.1. The highest BCUT2D eigenvalue weighted by Crippen LogP contribution is 2.65. The summed E-state index contributed by atoms with van der Waals surface area (Å²) in [6.07, 6.45) is 0. The number of aromatic nitrogens is 3. The lowest BCUT2D eigenvalue weighted by Crippen LogP contribution is -2.26. The van der Waals surface area contributed by atoms with Gasteiger partial charge in [-0.3, -0.25) is 0 Å². The second-order valence-corrected chi connectivity index (χ2v) is 15.0. The number of fused-ring (bicyclic) bond motifs is 17. The Hall–Kier alpha value is -7.63. The van der Waals surface area contributed by atoms with Crippen LogP contribution in [0.4, 0.5) is 0 Å². The van der Waals surface area contributed by atoms with Crippen LogP contribution in [-0.2, 0) is 5.41 Å². The van der Waals surface area contributed by atoms with Crippen molar-refractivity contribution in [3.8, 4) is 56.4 Å². The smallest absolute Gasteiger partial charge is 0.164 e. The van der Waals surface area contributed by atoms with Crippen molar-refractivity contribution in [2.45, 2.75) is 5.41 Å². The van der Waals surface area contributed by atoms with Crippen molar-refractivity contribution in [2.24, 2.45) is 0 Å². The third-order valence-electron chi connectivity index (χ3n) is 12.1. The molecule has 11 aromatic rings. The minimum atomic E-state index is -0.594. The number of furan rings is 2. The van der Waals surface area contributed by atoms with Gasteiger partial charge in [0.2, 0.25) is 0 Å². The van der Waals surface area contributed by atoms with Gasteiger partial charge in [0.1, 0.15) is 22.3 Å². The highest BCUT2D eigenvalue weighted by molar-refractivity contribution is 6.16. The van der Waals surface area contributed by atoms with E-state index in [0.717, 1.165) is 60.6 Å². The lowest BCUT2D eigenvalue weighted by Gasteiger charge is -2.31. The lowest BCUT2D eigenvalue weighted by atomic mass is 9.69. The zero-order valence-electron chi connectivity index (χ0n) is 30.4. The lowest BCUT2D eigenvalue weighted by molar-refractivity contribution is 0.666. The van der Waals surface area contributed by atoms with E-state index in [4.69, 9.17) is 23.8 Å². The highest BCUT2D eigenvalue weighted by Gasteiger charge is 2.53. The van der Waals surface area contributed by atoms with Crippen molar-refractivity contribution in [2.75, 3.05) is 0 Å². The van der Waals surface area contributed by atoms with Gasteiger partial charge in [-0.05, 0) is 80.9 Å². The molecule has 0 bridgehead atoms. The van der Waals surface area contributed by atoms with E-state index in [9.17, 15) is 0 Å². The predicted molar refractivity (Wildman–Crippen MR) is 227 cm³/mol. The fourth-order valence-corrected chi connectivity index (χ4v) is 9.79. The van der Waals surface area contributed by atoms with Crippen LogP contribution in [0.5, 0.6) is 0 Å². The van der Waals surface area contributed by atoms with E-state index in [0.29, 0.717) is 17.5 Å². The SMILES string of the molecule is c1ccc(-c2nc(-c3ccccc3)nc(-c3ccc4c(c3)oc3ccc5c(c34)C3(c4ccccc4-c4ccccc43)c3cc4oc6ccccc6c4cc3-5)n2)cc1. The van der Waals surface area contributed by atoms with Gasteiger partial charge in [-0.2, -0.15) is 0 Å². The molecule has 2 aliphatic rings. The topological polar surface area (TPSA) is 65.0 Å². The van der Waals surface area contributed by atoms with Gasteiger partial charge in [-0.25, -0.2) is 15.0 Å². The Morgan fingerprint density at radius 3 is 1.61 bits per heavy atom. The summed E-state index contributed by atoms with van der Waals surface area (Å²) in [6.45, 7) is 0. The van der Waals surface area contributed by atoms with Gasteiger partial charge < -0.3 is 8.83 Å². The van der Waals surface area contributed by atoms with Gasteiger partial charge in [-0.1, -0.05) is 140 Å². The van der Waals surface area contributed by atoms with E-state index in [2.05, 4.69) is 109 Å². The van der Waals surface area contributed by atoms with Crippen LogP contribution in [-0.4, -0.2) is 15.0 Å². The minimum Gasteiger partial charge on any atom is -0.456 e. The molecule has 57 heavy (non-hydrogen) atoms. The maximum atomic E-state index is 6.88. The van der Waals surface area contributed by atoms with E-state index in [1.807, 2.05) is 66.7 Å². The number of nitrogens with zero attached hydrogens (tertiary/aromatic N) is 3. The molecule has 0 amide bonds. The van der Waals surface area contributed by atoms with Gasteiger partial charge in [0.15, 0.2) is 17.5 Å². The molecule has 0 N–H and O–H groups in total. The maximum absolute atomic E-state index is 6.88. The Morgan fingerprint density at radius 2 is 0.912 bits per heavy atom. The highest BCUT2D eigenvalue weighted by atomic mass is 16.3. The molecule has 3 heterocycles. The first kappa shape index (κ1) is 30.7. The molecule has 5 heteroatoms. The normalized spacial score (nSPS) is 13.4. The largest absolute Gasteiger partial charge is 0.456 e. The molecule has 1 spiro atoms. The zero-order valence-corrected chi connectivity index (χ0v) is 30.4. The average molecular weight is 728 g/mol. The van der Waals surface area contributed by atoms with E-state index < -0.39 is 5.41 Å². The summed E-state index contributed by atoms with van der Waals surface area (Å²) in [4.78, 5) is 15.0. The Morgan fingerprint density at radius 1 is 0.333 bits per heavy atom. The molecule has 0 unspecified atom stereocenters. The van der Waals surface area contributed by atoms with Crippen LogP contribution in [0.1, 0.15) is 22.3 Å². The summed E-state index contributed by atoms with van der Waals surface area (Å²) < 4.78 is 13.5. The monoisotopic (exact) mass is 727 g/mol. The summed E-state index contributed by atoms with van der Waals surface area (Å²) >= 11 is 0. The third kappa shape index (κ3) is 4.09. The van der Waals surface area contributed by atoms with Crippen LogP contribution in [0.3, 0.4) is 0 Å². The van der Waals surface area contributed by atoms with E-state index in [1.54, 1.807) is 0 Å². The summed E-state index contributed by atoms with van der Waals surface area (Å²) in [7, 11) is 0. The molecule has 3 aromatic heterocycles. The van der Waals surface area contributed by atoms with Gasteiger partial charge >= 0.3 is 0 Å². The van der Waals surface area contributed by atoms with Crippen molar-refractivity contribution in [1.29, 1.82) is 0 Å². The van der Waals surface area contributed by atoms with Crippen molar-refractivity contribution in [3.63, 3.8) is 0 Å². The van der Waals surface area contributed by atoms with Gasteiger partial charge in [-0.15, -0.1) is 0 Å². The van der Waals surface area contributed by atoms with Crippen LogP contribution in [0.15, 0.2) is 185 Å². The number of rotatable bonds is 3. The number of para-hydroxylation sites is 1. The number of hydrogen-bond acceptors (Lipinski definition) is 5. The molecule has 0 atom stereocenters. The molecule has 0 saturated heterocycles. The molecule has 2 aliphatic carbocycles. The molecular weight excluding hydrogens is 699 g/mol. The molecule has 13 rings (SSSR count). The standard InChI is InChI=1S/C52H29N3O2/c1-3-13-30(14-4-1)49-53-50(31-15-5-2-6-16-31)55-51(54-49)32-23-24-37-45(27-32)57-44-26-25-36-38-28-39-35-19-9-12-22-43(35)56-46(39)29-42(38)52(48(36)47(37)44)40-20-10-7-17-33(40)34-18-8-11-21-41(34)52/h1-29H. The van der Waals surface area contributed by atoms with E-state index in [1.165, 1.54) is 44.5 Å². The second kappa shape index (κ2) is 11.2. The van der Waals surface area contributed by atoms with Crippen molar-refractivity contribution in [3.05, 3.63) is 198 Å². The minimum absolute atomic E-state index is 0.590. The molecule has 0 radical (unpaired) electrons. The van der Waals surface area contributed by atoms with Crippen LogP contribution < -0.4 is 0 Å².